The highest BCUT2D eigenvalue weighted by molar-refractivity contribution is 6.02. The number of nitrogens with zero attached hydrogens (tertiary/aromatic N) is 1. The Balaban J connectivity index is 1.29. The van der Waals surface area contributed by atoms with Crippen molar-refractivity contribution in [1.82, 2.24) is 0 Å². The van der Waals surface area contributed by atoms with Crippen LogP contribution < -0.4 is 4.90 Å². The summed E-state index contributed by atoms with van der Waals surface area (Å²) in [6, 6.07) is 64.0. The molecule has 0 aromatic heterocycles. The average Bonchev–Trinajstić information content (AvgIpc) is 3.86. The summed E-state index contributed by atoms with van der Waals surface area (Å²) in [5, 5.41) is 0. The summed E-state index contributed by atoms with van der Waals surface area (Å²) in [5.74, 6) is 0. The largest absolute Gasteiger partial charge is 0.310 e. The molecule has 3 aliphatic carbocycles. The van der Waals surface area contributed by atoms with Crippen LogP contribution >= 0.6 is 0 Å². The zero-order valence-corrected chi connectivity index (χ0v) is 43.5. The second-order valence-electron chi connectivity index (χ2n) is 25.1. The lowest BCUT2D eigenvalue weighted by Crippen LogP contribution is -2.29. The predicted molar refractivity (Wildman–Crippen MR) is 295 cm³/mol. The molecule has 0 atom stereocenters. The number of hydrogen-bond acceptors (Lipinski definition) is 1. The predicted octanol–water partition coefficient (Wildman–Crippen LogP) is 18.7. The number of benzene rings is 8. The second-order valence-corrected chi connectivity index (χ2v) is 25.1. The molecule has 3 aliphatic rings. The van der Waals surface area contributed by atoms with E-state index >= 15 is 0 Å². The van der Waals surface area contributed by atoms with Crippen molar-refractivity contribution in [3.05, 3.63) is 219 Å². The van der Waals surface area contributed by atoms with E-state index < -0.39 is 5.41 Å². The van der Waals surface area contributed by atoms with Crippen molar-refractivity contribution in [3.63, 3.8) is 0 Å². The van der Waals surface area contributed by atoms with E-state index in [1.165, 1.54) is 112 Å². The molecule has 0 bridgehead atoms. The van der Waals surface area contributed by atoms with Crippen LogP contribution in [0, 0.1) is 0 Å². The molecule has 0 fully saturated rings. The smallest absolute Gasteiger partial charge is 0.0726 e. The molecule has 8 aromatic carbocycles. The summed E-state index contributed by atoms with van der Waals surface area (Å²) in [6.45, 7) is 33.3. The number of hydrogen-bond donors (Lipinski definition) is 0. The lowest BCUT2D eigenvalue weighted by Gasteiger charge is -2.35. The van der Waals surface area contributed by atoms with E-state index in [0.29, 0.717) is 0 Å². The van der Waals surface area contributed by atoms with Crippen LogP contribution in [-0.4, -0.2) is 0 Å². The Morgan fingerprint density at radius 3 is 1.29 bits per heavy atom. The van der Waals surface area contributed by atoms with Gasteiger partial charge >= 0.3 is 0 Å². The third kappa shape index (κ3) is 6.85. The molecule has 1 heteroatoms. The van der Waals surface area contributed by atoms with Crippen LogP contribution in [0.2, 0.25) is 0 Å². The van der Waals surface area contributed by atoms with Gasteiger partial charge in [0, 0.05) is 22.4 Å². The molecular formula is C68H69N. The summed E-state index contributed by atoms with van der Waals surface area (Å²) in [6.07, 6.45) is 0. The van der Waals surface area contributed by atoms with E-state index in [-0.39, 0.29) is 27.1 Å². The van der Waals surface area contributed by atoms with Crippen LogP contribution in [0.3, 0.4) is 0 Å². The molecule has 1 nitrogen and oxygen atoms in total. The van der Waals surface area contributed by atoms with Gasteiger partial charge < -0.3 is 4.90 Å². The van der Waals surface area contributed by atoms with E-state index in [4.69, 9.17) is 0 Å². The first kappa shape index (κ1) is 45.0. The maximum absolute atomic E-state index is 2.63. The monoisotopic (exact) mass is 900 g/mol. The molecule has 0 saturated heterocycles. The first-order valence-electron chi connectivity index (χ1n) is 25.3. The Labute approximate surface area is 413 Å². The third-order valence-corrected chi connectivity index (χ3v) is 16.1. The highest BCUT2D eigenvalue weighted by Gasteiger charge is 2.54. The van der Waals surface area contributed by atoms with Crippen LogP contribution in [0.15, 0.2) is 164 Å². The quantitative estimate of drug-likeness (QED) is 0.170. The Morgan fingerprint density at radius 1 is 0.319 bits per heavy atom. The minimum absolute atomic E-state index is 0.0405. The normalized spacial score (nSPS) is 15.0. The number of fused-ring (bicyclic) bond motifs is 13. The highest BCUT2D eigenvalue weighted by atomic mass is 15.1. The molecule has 0 radical (unpaired) electrons. The van der Waals surface area contributed by atoms with Crippen molar-refractivity contribution in [2.75, 3.05) is 4.90 Å². The van der Waals surface area contributed by atoms with Crippen molar-refractivity contribution in [2.45, 2.75) is 129 Å². The fourth-order valence-electron chi connectivity index (χ4n) is 12.0. The Kier molecular flexibility index (Phi) is 9.81. The van der Waals surface area contributed by atoms with Gasteiger partial charge in [0.15, 0.2) is 0 Å². The van der Waals surface area contributed by atoms with Gasteiger partial charge in [0.2, 0.25) is 0 Å². The Morgan fingerprint density at radius 2 is 0.739 bits per heavy atom. The lowest BCUT2D eigenvalue weighted by molar-refractivity contribution is 0.583. The minimum Gasteiger partial charge on any atom is -0.310 e. The van der Waals surface area contributed by atoms with Crippen LogP contribution in [0.25, 0.3) is 44.5 Å². The minimum atomic E-state index is -0.570. The molecule has 69 heavy (non-hydrogen) atoms. The van der Waals surface area contributed by atoms with Gasteiger partial charge in [-0.05, 0) is 147 Å². The maximum Gasteiger partial charge on any atom is 0.0726 e. The van der Waals surface area contributed by atoms with Gasteiger partial charge in [0.1, 0.15) is 0 Å². The fraction of sp³-hybridized carbons (Fsp3) is 0.294. The van der Waals surface area contributed by atoms with Gasteiger partial charge in [-0.2, -0.15) is 0 Å². The van der Waals surface area contributed by atoms with Gasteiger partial charge in [-0.15, -0.1) is 0 Å². The molecule has 0 N–H and O–H groups in total. The Bertz CT molecular complexity index is 3300. The number of anilines is 3. The van der Waals surface area contributed by atoms with E-state index in [0.717, 1.165) is 5.69 Å². The van der Waals surface area contributed by atoms with Gasteiger partial charge in [-0.25, -0.2) is 0 Å². The molecular weight excluding hydrogens is 831 g/mol. The van der Waals surface area contributed by atoms with Crippen molar-refractivity contribution >= 4 is 17.1 Å². The van der Waals surface area contributed by atoms with E-state index in [9.17, 15) is 0 Å². The molecule has 0 unspecified atom stereocenters. The molecule has 346 valence electrons. The van der Waals surface area contributed by atoms with Gasteiger partial charge in [-0.3, -0.25) is 0 Å². The van der Waals surface area contributed by atoms with E-state index in [1.54, 1.807) is 0 Å². The summed E-state index contributed by atoms with van der Waals surface area (Å²) >= 11 is 0. The molecule has 0 aliphatic heterocycles. The van der Waals surface area contributed by atoms with E-state index in [2.05, 4.69) is 266 Å². The first-order chi connectivity index (χ1) is 32.5. The second kappa shape index (κ2) is 15.0. The van der Waals surface area contributed by atoms with Crippen molar-refractivity contribution in [3.8, 4) is 44.5 Å². The fourth-order valence-corrected chi connectivity index (χ4v) is 12.0. The molecule has 0 saturated carbocycles. The Hall–Kier alpha value is -6.44. The SMILES string of the molecule is CC(C)(C)c1ccc2c(c1)C1(c3cc(C(C)(C)C)ccc3-2)c2cc(C(C)(C)C)ccc2-c2c(N(c3ccc(-c4ccccc4)cc3)c3ccc4c(c3)C(C)(C)c3ccccc3-4)cc(C(C)(C)C)cc21. The van der Waals surface area contributed by atoms with Crippen molar-refractivity contribution in [1.29, 1.82) is 0 Å². The highest BCUT2D eigenvalue weighted by Crippen LogP contribution is 2.66. The third-order valence-electron chi connectivity index (χ3n) is 16.1. The topological polar surface area (TPSA) is 3.24 Å². The summed E-state index contributed by atoms with van der Waals surface area (Å²) < 4.78 is 0. The maximum atomic E-state index is 2.63. The van der Waals surface area contributed by atoms with Crippen molar-refractivity contribution < 1.29 is 0 Å². The zero-order valence-electron chi connectivity index (χ0n) is 43.5. The number of rotatable bonds is 4. The average molecular weight is 900 g/mol. The van der Waals surface area contributed by atoms with Crippen LogP contribution in [0.1, 0.15) is 153 Å². The summed E-state index contributed by atoms with van der Waals surface area (Å²) in [4.78, 5) is 2.61. The zero-order chi connectivity index (χ0) is 48.8. The lowest BCUT2D eigenvalue weighted by atomic mass is 9.67. The molecule has 0 heterocycles. The van der Waals surface area contributed by atoms with Gasteiger partial charge in [0.25, 0.3) is 0 Å². The standard InChI is InChI=1S/C68H69N/c1-63(2,3)44-26-32-52-53-33-27-45(64(4,5)6)37-58(53)68(57(52)36-44)59-38-46(65(7,8)9)28-34-54(59)62-60(68)39-47(66(10,11)12)40-61(62)69(48-29-24-43(25-30-48)42-20-16-15-17-21-42)49-31-35-51-50-22-18-19-23-55(50)67(13,14)56(51)41-49/h15-41H,1-14H3. The molecule has 0 amide bonds. The van der Waals surface area contributed by atoms with Crippen molar-refractivity contribution in [2.24, 2.45) is 0 Å². The summed E-state index contributed by atoms with van der Waals surface area (Å²) in [7, 11) is 0. The molecule has 1 spiro atoms. The van der Waals surface area contributed by atoms with Gasteiger partial charge in [0.05, 0.1) is 11.1 Å². The molecule has 8 aromatic rings. The van der Waals surface area contributed by atoms with Crippen LogP contribution in [0.4, 0.5) is 17.1 Å². The molecule has 11 rings (SSSR count). The first-order valence-corrected chi connectivity index (χ1v) is 25.3. The van der Waals surface area contributed by atoms with Gasteiger partial charge in [-0.1, -0.05) is 230 Å². The van der Waals surface area contributed by atoms with E-state index in [1.807, 2.05) is 0 Å². The van der Waals surface area contributed by atoms with Crippen LogP contribution in [-0.2, 0) is 32.5 Å². The summed E-state index contributed by atoms with van der Waals surface area (Å²) in [5.41, 5.74) is 26.6. The van der Waals surface area contributed by atoms with Crippen LogP contribution in [0.5, 0.6) is 0 Å².